The van der Waals surface area contributed by atoms with Gasteiger partial charge in [-0.3, -0.25) is 14.4 Å². The average Bonchev–Trinajstić information content (AvgIpc) is 3.87. The first-order valence-electron chi connectivity index (χ1n) is 16.1. The van der Waals surface area contributed by atoms with Gasteiger partial charge in [-0.05, 0) is 108 Å². The van der Waals surface area contributed by atoms with Gasteiger partial charge >= 0.3 is 24.0 Å². The van der Waals surface area contributed by atoms with Crippen molar-refractivity contribution in [3.8, 4) is 11.1 Å². The van der Waals surface area contributed by atoms with E-state index in [2.05, 4.69) is 22.2 Å². The average molecular weight is 696 g/mol. The minimum absolute atomic E-state index is 0.0974. The van der Waals surface area contributed by atoms with E-state index in [1.165, 1.54) is 30.3 Å². The molecule has 2 amide bonds. The van der Waals surface area contributed by atoms with Crippen molar-refractivity contribution in [3.63, 3.8) is 0 Å². The maximum Gasteiger partial charge on any atom is 0.408 e. The van der Waals surface area contributed by atoms with Gasteiger partial charge in [-0.25, -0.2) is 19.4 Å². The second-order valence-corrected chi connectivity index (χ2v) is 13.7. The quantitative estimate of drug-likeness (QED) is 0.102. The number of aldehydes is 1. The number of aliphatic hydroxyl groups is 1. The van der Waals surface area contributed by atoms with E-state index in [-0.39, 0.29) is 40.9 Å². The Bertz CT molecular complexity index is 1620. The van der Waals surface area contributed by atoms with Crippen LogP contribution < -0.4 is 10.6 Å². The van der Waals surface area contributed by atoms with E-state index in [0.29, 0.717) is 29.9 Å². The molecular formula is C36H45N3O11. The number of rotatable bonds is 15. The zero-order valence-corrected chi connectivity index (χ0v) is 29.3. The third kappa shape index (κ3) is 12.1. The minimum atomic E-state index is -1.38. The number of hydrogen-bond acceptors (Lipinski definition) is 12. The van der Waals surface area contributed by atoms with Gasteiger partial charge in [0.1, 0.15) is 22.9 Å². The number of hydrogen-bond donors (Lipinski definition) is 3. The molecule has 1 aliphatic carbocycles. The van der Waals surface area contributed by atoms with Crippen LogP contribution in [0.3, 0.4) is 0 Å². The summed E-state index contributed by atoms with van der Waals surface area (Å²) in [5.74, 6) is -2.91. The predicted octanol–water partition coefficient (Wildman–Crippen LogP) is 4.51. The van der Waals surface area contributed by atoms with Gasteiger partial charge in [-0.1, -0.05) is 12.7 Å². The van der Waals surface area contributed by atoms with Crippen molar-refractivity contribution >= 4 is 42.3 Å². The molecule has 1 heterocycles. The Morgan fingerprint density at radius 2 is 1.66 bits per heavy atom. The number of ether oxygens (including phenoxy) is 4. The van der Waals surface area contributed by atoms with E-state index < -0.39 is 60.6 Å². The molecule has 14 heteroatoms. The van der Waals surface area contributed by atoms with Gasteiger partial charge < -0.3 is 34.7 Å². The number of aromatic nitrogens is 1. The second-order valence-electron chi connectivity index (χ2n) is 13.7. The lowest BCUT2D eigenvalue weighted by atomic mass is 9.93. The topological polar surface area (TPSA) is 197 Å². The third-order valence-corrected chi connectivity index (χ3v) is 7.11. The Hall–Kier alpha value is -5.11. The fourth-order valence-electron chi connectivity index (χ4n) is 4.61. The summed E-state index contributed by atoms with van der Waals surface area (Å²) in [5.41, 5.74) is -0.746. The van der Waals surface area contributed by atoms with E-state index in [1.807, 2.05) is 0 Å². The molecule has 0 spiro atoms. The number of pyridine rings is 1. The highest BCUT2D eigenvalue weighted by molar-refractivity contribution is 6.01. The summed E-state index contributed by atoms with van der Waals surface area (Å²) in [4.78, 5) is 80.6. The lowest BCUT2D eigenvalue weighted by Crippen LogP contribution is -2.45. The molecule has 0 unspecified atom stereocenters. The van der Waals surface area contributed by atoms with E-state index >= 15 is 0 Å². The van der Waals surface area contributed by atoms with Crippen molar-refractivity contribution in [2.45, 2.75) is 91.1 Å². The smallest absolute Gasteiger partial charge is 0.408 e. The van der Waals surface area contributed by atoms with Crippen LogP contribution >= 0.6 is 0 Å². The Balaban J connectivity index is 1.85. The molecule has 0 saturated heterocycles. The van der Waals surface area contributed by atoms with Crippen molar-refractivity contribution in [2.75, 3.05) is 13.3 Å². The fourth-order valence-corrected chi connectivity index (χ4v) is 4.61. The molecule has 3 N–H and O–H groups in total. The van der Waals surface area contributed by atoms with Crippen molar-refractivity contribution in [1.82, 2.24) is 15.6 Å². The maximum absolute atomic E-state index is 13.5. The normalized spacial score (nSPS) is 13.3. The molecule has 1 saturated carbocycles. The van der Waals surface area contributed by atoms with Crippen LogP contribution in [0.2, 0.25) is 0 Å². The summed E-state index contributed by atoms with van der Waals surface area (Å²) in [6.45, 7) is 12.8. The summed E-state index contributed by atoms with van der Waals surface area (Å²) in [7, 11) is 0. The van der Waals surface area contributed by atoms with E-state index in [4.69, 9.17) is 18.9 Å². The Kier molecular flexibility index (Phi) is 13.4. The van der Waals surface area contributed by atoms with Crippen LogP contribution in [0.25, 0.3) is 17.2 Å². The predicted molar refractivity (Wildman–Crippen MR) is 181 cm³/mol. The summed E-state index contributed by atoms with van der Waals surface area (Å²) in [5, 5.41) is 15.1. The molecule has 1 aromatic carbocycles. The molecule has 50 heavy (non-hydrogen) atoms. The number of aliphatic hydroxyl groups excluding tert-OH is 1. The summed E-state index contributed by atoms with van der Waals surface area (Å²) in [6, 6.07) is 4.43. The molecule has 1 aromatic heterocycles. The number of esters is 3. The highest BCUT2D eigenvalue weighted by atomic mass is 16.7. The zero-order valence-electron chi connectivity index (χ0n) is 29.3. The number of carbonyl (C=O) groups is 6. The number of amides is 2. The standard InChI is InChI=1S/C36H45N3O11/c1-8-22-15-24(19-41)26(16-23(22)18-40)25-11-12-27(31(43)37-17-21-9-10-21)38-30(25)33(45)48-20-47-32(44)28(39-34(46)50-36(5,6)7)13-14-29(42)49-35(2,3)4/h8,11-12,15-16,19,21,28,40H,1,9-10,13-14,17-18,20H2,2-7H3,(H,37,43)(H,39,46)/t28-/m0/s1. The number of nitrogens with one attached hydrogen (secondary N) is 2. The Morgan fingerprint density at radius 1 is 0.980 bits per heavy atom. The zero-order chi connectivity index (χ0) is 37.2. The molecule has 2 aromatic rings. The number of alkyl carbamates (subject to hydrolysis) is 1. The van der Waals surface area contributed by atoms with Crippen LogP contribution in [0, 0.1) is 5.92 Å². The molecular weight excluding hydrogens is 650 g/mol. The van der Waals surface area contributed by atoms with Gasteiger partial charge in [0.05, 0.1) is 6.61 Å². The van der Waals surface area contributed by atoms with Gasteiger partial charge in [0.2, 0.25) is 6.79 Å². The minimum Gasteiger partial charge on any atom is -0.460 e. The summed E-state index contributed by atoms with van der Waals surface area (Å²) < 4.78 is 20.9. The summed E-state index contributed by atoms with van der Waals surface area (Å²) in [6.07, 6.45) is 2.62. The van der Waals surface area contributed by atoms with Gasteiger partial charge in [0, 0.05) is 24.1 Å². The van der Waals surface area contributed by atoms with E-state index in [0.717, 1.165) is 12.8 Å². The van der Waals surface area contributed by atoms with E-state index in [1.54, 1.807) is 41.5 Å². The van der Waals surface area contributed by atoms with Gasteiger partial charge in [-0.15, -0.1) is 0 Å². The SMILES string of the molecule is C=Cc1cc(C=O)c(-c2ccc(C(=O)NCC3CC3)nc2C(=O)OCOC(=O)[C@H](CCC(=O)OC(C)(C)C)NC(=O)OC(C)(C)C)cc1CO. The summed E-state index contributed by atoms with van der Waals surface area (Å²) >= 11 is 0. The van der Waals surface area contributed by atoms with Crippen molar-refractivity contribution < 1.29 is 52.8 Å². The van der Waals surface area contributed by atoms with Crippen LogP contribution in [0.4, 0.5) is 4.79 Å². The van der Waals surface area contributed by atoms with Crippen LogP contribution in [0.15, 0.2) is 30.8 Å². The number of benzene rings is 1. The highest BCUT2D eigenvalue weighted by Gasteiger charge is 2.29. The number of nitrogens with zero attached hydrogens (tertiary/aromatic N) is 1. The molecule has 0 aliphatic heterocycles. The van der Waals surface area contributed by atoms with Crippen LogP contribution in [0.5, 0.6) is 0 Å². The van der Waals surface area contributed by atoms with Gasteiger partial charge in [0.15, 0.2) is 12.0 Å². The maximum atomic E-state index is 13.5. The first-order chi connectivity index (χ1) is 23.4. The van der Waals surface area contributed by atoms with Crippen molar-refractivity contribution in [2.24, 2.45) is 5.92 Å². The van der Waals surface area contributed by atoms with Crippen molar-refractivity contribution in [3.05, 3.63) is 58.9 Å². The molecule has 14 nitrogen and oxygen atoms in total. The van der Waals surface area contributed by atoms with Gasteiger partial charge in [-0.2, -0.15) is 0 Å². The van der Waals surface area contributed by atoms with Crippen molar-refractivity contribution in [1.29, 1.82) is 0 Å². The third-order valence-electron chi connectivity index (χ3n) is 7.11. The molecule has 1 aliphatic rings. The van der Waals surface area contributed by atoms with E-state index in [9.17, 15) is 33.9 Å². The molecule has 0 bridgehead atoms. The molecule has 270 valence electrons. The molecule has 1 atom stereocenters. The Labute approximate surface area is 290 Å². The first-order valence-corrected chi connectivity index (χ1v) is 16.1. The molecule has 1 fully saturated rings. The van der Waals surface area contributed by atoms with Gasteiger partial charge in [0.25, 0.3) is 5.91 Å². The fraction of sp³-hybridized carbons (Fsp3) is 0.472. The lowest BCUT2D eigenvalue weighted by Gasteiger charge is -2.23. The second kappa shape index (κ2) is 17.0. The Morgan fingerprint density at radius 3 is 2.24 bits per heavy atom. The monoisotopic (exact) mass is 695 g/mol. The lowest BCUT2D eigenvalue weighted by molar-refractivity contribution is -0.157. The first kappa shape index (κ1) is 39.3. The number of carbonyl (C=O) groups excluding carboxylic acids is 6. The van der Waals surface area contributed by atoms with Crippen LogP contribution in [-0.4, -0.2) is 76.9 Å². The molecule has 0 radical (unpaired) electrons. The van der Waals surface area contributed by atoms with Crippen LogP contribution in [-0.2, 0) is 35.1 Å². The molecule has 3 rings (SSSR count). The highest BCUT2D eigenvalue weighted by Crippen LogP contribution is 2.31. The largest absolute Gasteiger partial charge is 0.460 e. The van der Waals surface area contributed by atoms with Crippen LogP contribution in [0.1, 0.15) is 110 Å².